The van der Waals surface area contributed by atoms with E-state index in [1.165, 1.54) is 5.56 Å². The second-order valence-electron chi connectivity index (χ2n) is 6.91. The number of nitrogens with one attached hydrogen (secondary N) is 1. The van der Waals surface area contributed by atoms with Gasteiger partial charge in [-0.15, -0.1) is 0 Å². The molecule has 0 saturated carbocycles. The minimum Gasteiger partial charge on any atom is -0.457 e. The van der Waals surface area contributed by atoms with Crippen molar-refractivity contribution in [2.24, 2.45) is 0 Å². The number of piperazine rings is 1. The van der Waals surface area contributed by atoms with Gasteiger partial charge in [0.15, 0.2) is 0 Å². The molecule has 1 N–H and O–H groups in total. The van der Waals surface area contributed by atoms with Gasteiger partial charge in [-0.3, -0.25) is 4.90 Å². The molecule has 1 heterocycles. The molecule has 27 heavy (non-hydrogen) atoms. The molecule has 5 nitrogen and oxygen atoms in total. The van der Waals surface area contributed by atoms with Gasteiger partial charge in [0.1, 0.15) is 11.5 Å². The molecule has 144 valence electrons. The van der Waals surface area contributed by atoms with Crippen LogP contribution in [-0.4, -0.2) is 48.6 Å². The number of nitrogens with zero attached hydrogens (tertiary/aromatic N) is 2. The largest absolute Gasteiger partial charge is 0.457 e. The monoisotopic (exact) mass is 367 g/mol. The molecule has 1 aliphatic rings. The first-order valence-electron chi connectivity index (χ1n) is 9.81. The lowest BCUT2D eigenvalue weighted by atomic mass is 10.2. The molecule has 0 aromatic heterocycles. The topological polar surface area (TPSA) is 44.8 Å². The first kappa shape index (κ1) is 19.2. The molecule has 0 spiro atoms. The quantitative estimate of drug-likeness (QED) is 0.749. The van der Waals surface area contributed by atoms with Crippen LogP contribution in [0, 0.1) is 0 Å². The highest BCUT2D eigenvalue weighted by molar-refractivity contribution is 5.74. The molecule has 5 heteroatoms. The van der Waals surface area contributed by atoms with E-state index in [0.717, 1.165) is 63.6 Å². The summed E-state index contributed by atoms with van der Waals surface area (Å²) in [5, 5.41) is 3.00. The lowest BCUT2D eigenvalue weighted by Gasteiger charge is -2.34. The van der Waals surface area contributed by atoms with E-state index in [2.05, 4.69) is 29.3 Å². The van der Waals surface area contributed by atoms with Gasteiger partial charge in [0.05, 0.1) is 0 Å². The van der Waals surface area contributed by atoms with Crippen LogP contribution in [0.4, 0.5) is 4.79 Å². The van der Waals surface area contributed by atoms with Crippen molar-refractivity contribution in [2.75, 3.05) is 32.7 Å². The molecule has 0 bridgehead atoms. The first-order valence-corrected chi connectivity index (χ1v) is 9.81. The average Bonchev–Trinajstić information content (AvgIpc) is 2.70. The van der Waals surface area contributed by atoms with Gasteiger partial charge in [-0.1, -0.05) is 43.7 Å². The Balaban J connectivity index is 1.47. The van der Waals surface area contributed by atoms with E-state index in [9.17, 15) is 4.79 Å². The van der Waals surface area contributed by atoms with Gasteiger partial charge in [0.25, 0.3) is 0 Å². The number of urea groups is 1. The molecular weight excluding hydrogens is 338 g/mol. The Hall–Kier alpha value is -2.53. The zero-order valence-electron chi connectivity index (χ0n) is 16.1. The summed E-state index contributed by atoms with van der Waals surface area (Å²) >= 11 is 0. The Labute approximate surface area is 161 Å². The van der Waals surface area contributed by atoms with Crippen molar-refractivity contribution >= 4 is 6.03 Å². The number of benzene rings is 2. The van der Waals surface area contributed by atoms with E-state index in [1.807, 2.05) is 47.4 Å². The summed E-state index contributed by atoms with van der Waals surface area (Å²) in [6.07, 6.45) is 2.13. The number of carbonyl (C=O) groups excluding carboxylic acids is 1. The maximum atomic E-state index is 12.1. The molecule has 0 aliphatic carbocycles. The van der Waals surface area contributed by atoms with Gasteiger partial charge in [-0.05, 0) is 36.2 Å². The van der Waals surface area contributed by atoms with Gasteiger partial charge < -0.3 is 15.0 Å². The number of carbonyl (C=O) groups is 1. The van der Waals surface area contributed by atoms with Gasteiger partial charge in [0, 0.05) is 39.3 Å². The van der Waals surface area contributed by atoms with Crippen LogP contribution in [0.3, 0.4) is 0 Å². The summed E-state index contributed by atoms with van der Waals surface area (Å²) < 4.78 is 5.92. The summed E-state index contributed by atoms with van der Waals surface area (Å²) in [7, 11) is 0. The van der Waals surface area contributed by atoms with Crippen LogP contribution in [0.2, 0.25) is 0 Å². The Morgan fingerprint density at radius 1 is 1.00 bits per heavy atom. The van der Waals surface area contributed by atoms with Crippen molar-refractivity contribution < 1.29 is 9.53 Å². The van der Waals surface area contributed by atoms with Crippen molar-refractivity contribution in [2.45, 2.75) is 26.3 Å². The summed E-state index contributed by atoms with van der Waals surface area (Å²) in [6, 6.07) is 18.1. The predicted molar refractivity (Wildman–Crippen MR) is 108 cm³/mol. The third-order valence-corrected chi connectivity index (χ3v) is 4.75. The van der Waals surface area contributed by atoms with E-state index in [4.69, 9.17) is 4.74 Å². The molecule has 2 aromatic carbocycles. The standard InChI is InChI=1S/C22H29N3O2/c1-2-3-12-23-22(26)25-15-13-24(14-16-25)18-19-8-7-11-21(17-19)27-20-9-5-4-6-10-20/h4-11,17H,2-3,12-16,18H2,1H3,(H,23,26). The lowest BCUT2D eigenvalue weighted by molar-refractivity contribution is 0.135. The number of amides is 2. The zero-order chi connectivity index (χ0) is 18.9. The highest BCUT2D eigenvalue weighted by atomic mass is 16.5. The van der Waals surface area contributed by atoms with E-state index in [1.54, 1.807) is 0 Å². The fourth-order valence-electron chi connectivity index (χ4n) is 3.18. The van der Waals surface area contributed by atoms with Gasteiger partial charge in [0.2, 0.25) is 0 Å². The van der Waals surface area contributed by atoms with E-state index < -0.39 is 0 Å². The first-order chi connectivity index (χ1) is 13.2. The smallest absolute Gasteiger partial charge is 0.317 e. The van der Waals surface area contributed by atoms with Crippen LogP contribution < -0.4 is 10.1 Å². The van der Waals surface area contributed by atoms with Crippen molar-refractivity contribution in [1.29, 1.82) is 0 Å². The summed E-state index contributed by atoms with van der Waals surface area (Å²) in [5.74, 6) is 1.70. The van der Waals surface area contributed by atoms with E-state index >= 15 is 0 Å². The number of ether oxygens (including phenoxy) is 1. The van der Waals surface area contributed by atoms with Crippen LogP contribution in [-0.2, 0) is 6.54 Å². The Morgan fingerprint density at radius 3 is 2.48 bits per heavy atom. The SMILES string of the molecule is CCCCNC(=O)N1CCN(Cc2cccc(Oc3ccccc3)c2)CC1. The second-order valence-corrected chi connectivity index (χ2v) is 6.91. The van der Waals surface area contributed by atoms with Crippen LogP contribution in [0.15, 0.2) is 54.6 Å². The number of unbranched alkanes of at least 4 members (excludes halogenated alkanes) is 1. The maximum absolute atomic E-state index is 12.1. The van der Waals surface area contributed by atoms with Crippen LogP contribution in [0.25, 0.3) is 0 Å². The Kier molecular flexibility index (Phi) is 7.11. The fourth-order valence-corrected chi connectivity index (χ4v) is 3.18. The van der Waals surface area contributed by atoms with E-state index in [-0.39, 0.29) is 6.03 Å². The molecule has 2 amide bonds. The third-order valence-electron chi connectivity index (χ3n) is 4.75. The Morgan fingerprint density at radius 2 is 1.74 bits per heavy atom. The lowest BCUT2D eigenvalue weighted by Crippen LogP contribution is -2.51. The van der Waals surface area contributed by atoms with Crippen molar-refractivity contribution in [3.05, 3.63) is 60.2 Å². The predicted octanol–water partition coefficient (Wildman–Crippen LogP) is 4.11. The van der Waals surface area contributed by atoms with Crippen LogP contribution in [0.1, 0.15) is 25.3 Å². The maximum Gasteiger partial charge on any atom is 0.317 e. The summed E-state index contributed by atoms with van der Waals surface area (Å²) in [4.78, 5) is 16.4. The highest BCUT2D eigenvalue weighted by Gasteiger charge is 2.20. The minimum absolute atomic E-state index is 0.0707. The minimum atomic E-state index is 0.0707. The number of hydrogen-bond donors (Lipinski definition) is 1. The second kappa shape index (κ2) is 9.97. The molecule has 0 atom stereocenters. The molecule has 1 saturated heterocycles. The van der Waals surface area contributed by atoms with Crippen LogP contribution in [0.5, 0.6) is 11.5 Å². The molecular formula is C22H29N3O2. The van der Waals surface area contributed by atoms with Crippen molar-refractivity contribution in [3.63, 3.8) is 0 Å². The number of hydrogen-bond acceptors (Lipinski definition) is 3. The highest BCUT2D eigenvalue weighted by Crippen LogP contribution is 2.22. The summed E-state index contributed by atoms with van der Waals surface area (Å²) in [6.45, 7) is 7.11. The molecule has 1 fully saturated rings. The average molecular weight is 367 g/mol. The van der Waals surface area contributed by atoms with Gasteiger partial charge in [-0.2, -0.15) is 0 Å². The van der Waals surface area contributed by atoms with Crippen molar-refractivity contribution in [3.8, 4) is 11.5 Å². The molecule has 0 radical (unpaired) electrons. The third kappa shape index (κ3) is 6.00. The summed E-state index contributed by atoms with van der Waals surface area (Å²) in [5.41, 5.74) is 1.23. The van der Waals surface area contributed by atoms with Gasteiger partial charge in [-0.25, -0.2) is 4.79 Å². The molecule has 2 aromatic rings. The number of para-hydroxylation sites is 1. The van der Waals surface area contributed by atoms with Gasteiger partial charge >= 0.3 is 6.03 Å². The molecule has 1 aliphatic heterocycles. The fraction of sp³-hybridized carbons (Fsp3) is 0.409. The van der Waals surface area contributed by atoms with Crippen LogP contribution >= 0.6 is 0 Å². The van der Waals surface area contributed by atoms with E-state index in [0.29, 0.717) is 0 Å². The normalized spacial score (nSPS) is 14.8. The van der Waals surface area contributed by atoms with Crippen molar-refractivity contribution in [1.82, 2.24) is 15.1 Å². The molecule has 0 unspecified atom stereocenters. The molecule has 3 rings (SSSR count). The zero-order valence-corrected chi connectivity index (χ0v) is 16.1. The Bertz CT molecular complexity index is 713. The number of rotatable bonds is 7.